The van der Waals surface area contributed by atoms with Gasteiger partial charge in [0, 0.05) is 11.7 Å². The van der Waals surface area contributed by atoms with Gasteiger partial charge in [-0.1, -0.05) is 45.9 Å². The summed E-state index contributed by atoms with van der Waals surface area (Å²) in [7, 11) is 0. The van der Waals surface area contributed by atoms with Crippen molar-refractivity contribution in [3.8, 4) is 0 Å². The minimum atomic E-state index is 0.323. The Morgan fingerprint density at radius 1 is 0.920 bits per heavy atom. The monoisotopic (exact) mass is 341 g/mol. The molecule has 0 fully saturated rings. The average Bonchev–Trinajstić information content (AvgIpc) is 2.53. The van der Waals surface area contributed by atoms with E-state index in [9.17, 15) is 0 Å². The van der Waals surface area contributed by atoms with E-state index in [0.29, 0.717) is 29.7 Å². The largest absolute Gasteiger partial charge is 0.352 e. The van der Waals surface area contributed by atoms with Gasteiger partial charge in [0.05, 0.1) is 0 Å². The summed E-state index contributed by atoms with van der Waals surface area (Å²) >= 11 is 0. The van der Waals surface area contributed by atoms with E-state index < -0.39 is 0 Å². The van der Waals surface area contributed by atoms with Crippen LogP contribution in [-0.2, 0) is 12.8 Å². The highest BCUT2D eigenvalue weighted by molar-refractivity contribution is 5.64. The van der Waals surface area contributed by atoms with Crippen LogP contribution >= 0.6 is 0 Å². The van der Waals surface area contributed by atoms with Crippen LogP contribution in [0.4, 0.5) is 17.6 Å². The molecular formula is C20H31N5. The van der Waals surface area contributed by atoms with Crippen molar-refractivity contribution in [1.82, 2.24) is 15.0 Å². The van der Waals surface area contributed by atoms with Crippen molar-refractivity contribution in [3.05, 3.63) is 35.2 Å². The molecule has 0 saturated heterocycles. The first-order valence-electron chi connectivity index (χ1n) is 9.29. The normalized spacial score (nSPS) is 12.3. The van der Waals surface area contributed by atoms with Crippen LogP contribution in [-0.4, -0.2) is 21.0 Å². The predicted molar refractivity (Wildman–Crippen MR) is 106 cm³/mol. The van der Waals surface area contributed by atoms with Gasteiger partial charge in [0.1, 0.15) is 5.82 Å². The fourth-order valence-corrected chi connectivity index (χ4v) is 3.10. The third-order valence-corrected chi connectivity index (χ3v) is 4.18. The van der Waals surface area contributed by atoms with Crippen molar-refractivity contribution < 1.29 is 0 Å². The fraction of sp³-hybridized carbons (Fsp3) is 0.550. The summed E-state index contributed by atoms with van der Waals surface area (Å²) < 4.78 is 0. The number of rotatable bonds is 8. The molecule has 5 nitrogen and oxygen atoms in total. The maximum absolute atomic E-state index is 4.58. The lowest BCUT2D eigenvalue weighted by Crippen LogP contribution is -2.20. The molecular weight excluding hydrogens is 310 g/mol. The number of aryl methyl sites for hydroxylation is 3. The van der Waals surface area contributed by atoms with Crippen LogP contribution in [0.5, 0.6) is 0 Å². The number of benzene rings is 1. The molecule has 0 aliphatic heterocycles. The highest BCUT2D eigenvalue weighted by Gasteiger charge is 2.12. The molecule has 0 amide bonds. The van der Waals surface area contributed by atoms with Gasteiger partial charge in [-0.15, -0.1) is 0 Å². The first kappa shape index (κ1) is 19.2. The van der Waals surface area contributed by atoms with Gasteiger partial charge >= 0.3 is 0 Å². The van der Waals surface area contributed by atoms with Gasteiger partial charge in [0.25, 0.3) is 0 Å². The molecule has 0 aliphatic rings. The smallest absolute Gasteiger partial charge is 0.232 e. The Hall–Kier alpha value is -2.17. The maximum atomic E-state index is 4.58. The van der Waals surface area contributed by atoms with Crippen molar-refractivity contribution in [2.24, 2.45) is 5.92 Å². The molecule has 0 saturated carbocycles. The topological polar surface area (TPSA) is 62.7 Å². The number of hydrogen-bond acceptors (Lipinski definition) is 5. The van der Waals surface area contributed by atoms with Crippen LogP contribution in [0.2, 0.25) is 0 Å². The highest BCUT2D eigenvalue weighted by Crippen LogP contribution is 2.25. The van der Waals surface area contributed by atoms with Crippen molar-refractivity contribution >= 4 is 17.6 Å². The molecule has 2 rings (SSSR count). The Morgan fingerprint density at radius 3 is 2.08 bits per heavy atom. The van der Waals surface area contributed by atoms with E-state index in [0.717, 1.165) is 24.9 Å². The summed E-state index contributed by atoms with van der Waals surface area (Å²) in [6, 6.07) is 6.74. The minimum Gasteiger partial charge on any atom is -0.352 e. The van der Waals surface area contributed by atoms with E-state index in [1.165, 1.54) is 11.1 Å². The Bertz CT molecular complexity index is 674. The third-order valence-electron chi connectivity index (χ3n) is 4.18. The second kappa shape index (κ2) is 8.79. The van der Waals surface area contributed by atoms with Crippen LogP contribution in [0.25, 0.3) is 0 Å². The fourth-order valence-electron chi connectivity index (χ4n) is 3.10. The second-order valence-electron chi connectivity index (χ2n) is 6.99. The molecule has 1 atom stereocenters. The zero-order valence-electron chi connectivity index (χ0n) is 16.3. The molecule has 0 bridgehead atoms. The molecule has 136 valence electrons. The van der Waals surface area contributed by atoms with Gasteiger partial charge in [-0.3, -0.25) is 0 Å². The molecule has 1 heterocycles. The molecule has 2 N–H and O–H groups in total. The summed E-state index contributed by atoms with van der Waals surface area (Å²) in [6.45, 7) is 12.8. The molecule has 25 heavy (non-hydrogen) atoms. The lowest BCUT2D eigenvalue weighted by Gasteiger charge is -2.18. The van der Waals surface area contributed by atoms with Crippen molar-refractivity contribution in [1.29, 1.82) is 0 Å². The number of nitrogens with one attached hydrogen (secondary N) is 2. The van der Waals surface area contributed by atoms with Crippen LogP contribution in [0.15, 0.2) is 18.2 Å². The van der Waals surface area contributed by atoms with Crippen LogP contribution < -0.4 is 10.6 Å². The number of anilines is 3. The zero-order chi connectivity index (χ0) is 18.4. The lowest BCUT2D eigenvalue weighted by molar-refractivity contribution is 0.537. The van der Waals surface area contributed by atoms with Gasteiger partial charge in [-0.2, -0.15) is 15.0 Å². The highest BCUT2D eigenvalue weighted by atomic mass is 15.2. The molecule has 5 heteroatoms. The van der Waals surface area contributed by atoms with Crippen LogP contribution in [0.3, 0.4) is 0 Å². The van der Waals surface area contributed by atoms with E-state index >= 15 is 0 Å². The zero-order valence-corrected chi connectivity index (χ0v) is 16.3. The van der Waals surface area contributed by atoms with E-state index in [4.69, 9.17) is 0 Å². The Balaban J connectivity index is 2.26. The average molecular weight is 342 g/mol. The molecule has 2 aromatic rings. The van der Waals surface area contributed by atoms with Crippen molar-refractivity contribution in [3.63, 3.8) is 0 Å². The van der Waals surface area contributed by atoms with Gasteiger partial charge < -0.3 is 10.6 Å². The van der Waals surface area contributed by atoms with E-state index in [2.05, 4.69) is 78.4 Å². The summed E-state index contributed by atoms with van der Waals surface area (Å²) in [5, 5.41) is 6.83. The van der Waals surface area contributed by atoms with Gasteiger partial charge in [-0.25, -0.2) is 0 Å². The molecule has 1 aromatic carbocycles. The maximum Gasteiger partial charge on any atom is 0.232 e. The van der Waals surface area contributed by atoms with E-state index in [1.54, 1.807) is 0 Å². The second-order valence-corrected chi connectivity index (χ2v) is 6.99. The van der Waals surface area contributed by atoms with E-state index in [1.807, 2.05) is 6.92 Å². The van der Waals surface area contributed by atoms with Crippen molar-refractivity contribution in [2.75, 3.05) is 10.6 Å². The standard InChI is InChI=1S/C20H31N5/c1-7-16-10-9-11-17(8-2)18(16)24-20-23-15(6)22-19(25-20)21-14(5)12-13(3)4/h9-11,13-14H,7-8,12H2,1-6H3,(H2,21,22,23,24,25). The molecule has 0 aliphatic carbocycles. The van der Waals surface area contributed by atoms with Crippen molar-refractivity contribution in [2.45, 2.75) is 66.8 Å². The quantitative estimate of drug-likeness (QED) is 0.715. The van der Waals surface area contributed by atoms with Gasteiger partial charge in [0.15, 0.2) is 0 Å². The van der Waals surface area contributed by atoms with Crippen LogP contribution in [0, 0.1) is 12.8 Å². The lowest BCUT2D eigenvalue weighted by atomic mass is 10.0. The minimum absolute atomic E-state index is 0.323. The summed E-state index contributed by atoms with van der Waals surface area (Å²) in [4.78, 5) is 13.5. The molecule has 1 aromatic heterocycles. The third kappa shape index (κ3) is 5.41. The van der Waals surface area contributed by atoms with E-state index in [-0.39, 0.29) is 0 Å². The summed E-state index contributed by atoms with van der Waals surface area (Å²) in [6.07, 6.45) is 3.01. The molecule has 0 radical (unpaired) electrons. The number of aromatic nitrogens is 3. The molecule has 1 unspecified atom stereocenters. The number of hydrogen-bond donors (Lipinski definition) is 2. The Labute approximate surface area is 151 Å². The number of nitrogens with zero attached hydrogens (tertiary/aromatic N) is 3. The summed E-state index contributed by atoms with van der Waals surface area (Å²) in [5.74, 6) is 2.58. The van der Waals surface area contributed by atoms with Gasteiger partial charge in [0.2, 0.25) is 11.9 Å². The SMILES string of the molecule is CCc1cccc(CC)c1Nc1nc(C)nc(NC(C)CC(C)C)n1. The van der Waals surface area contributed by atoms with Crippen LogP contribution in [0.1, 0.15) is 58.0 Å². The summed E-state index contributed by atoms with van der Waals surface area (Å²) in [5.41, 5.74) is 3.68. The predicted octanol–water partition coefficient (Wildman–Crippen LogP) is 4.89. The van der Waals surface area contributed by atoms with Gasteiger partial charge in [-0.05, 0) is 50.2 Å². The molecule has 0 spiro atoms. The number of para-hydroxylation sites is 1. The Morgan fingerprint density at radius 2 is 1.52 bits per heavy atom. The Kier molecular flexibility index (Phi) is 6.73. The first-order chi connectivity index (χ1) is 11.9. The first-order valence-corrected chi connectivity index (χ1v) is 9.29.